The van der Waals surface area contributed by atoms with E-state index in [9.17, 15) is 4.79 Å². The summed E-state index contributed by atoms with van der Waals surface area (Å²) >= 11 is 17.5. The van der Waals surface area contributed by atoms with E-state index in [-0.39, 0.29) is 5.91 Å². The first-order chi connectivity index (χ1) is 7.79. The topological polar surface area (TPSA) is 20.3 Å². The number of hydrogen-bond donors (Lipinski definition) is 0. The van der Waals surface area contributed by atoms with Gasteiger partial charge in [0.05, 0.1) is 15.6 Å². The van der Waals surface area contributed by atoms with E-state index in [1.165, 1.54) is 0 Å². The Morgan fingerprint density at radius 1 is 1.29 bits per heavy atom. The minimum absolute atomic E-state index is 0.130. The summed E-state index contributed by atoms with van der Waals surface area (Å²) in [6, 6.07) is 4.82. The smallest absolute Gasteiger partial charge is 0.254 e. The molecule has 1 aromatic rings. The zero-order valence-electron chi connectivity index (χ0n) is 9.93. The van der Waals surface area contributed by atoms with Crippen LogP contribution in [0.4, 0.5) is 0 Å². The van der Waals surface area contributed by atoms with Crippen LogP contribution in [0.2, 0.25) is 10.0 Å². The molecule has 1 amide bonds. The molecular formula is C12H14Cl3NO. The largest absolute Gasteiger partial charge is 0.335 e. The summed E-state index contributed by atoms with van der Waals surface area (Å²) in [6.07, 6.45) is 0. The van der Waals surface area contributed by atoms with Crippen LogP contribution in [0.5, 0.6) is 0 Å². The van der Waals surface area contributed by atoms with Gasteiger partial charge in [-0.2, -0.15) is 0 Å². The summed E-state index contributed by atoms with van der Waals surface area (Å²) in [5, 5.41) is 0.803. The van der Waals surface area contributed by atoms with E-state index in [0.29, 0.717) is 21.5 Å². The number of benzene rings is 1. The fourth-order valence-corrected chi connectivity index (χ4v) is 1.66. The van der Waals surface area contributed by atoms with Gasteiger partial charge in [-0.05, 0) is 32.0 Å². The molecule has 0 saturated carbocycles. The van der Waals surface area contributed by atoms with E-state index >= 15 is 0 Å². The maximum Gasteiger partial charge on any atom is 0.254 e. The summed E-state index contributed by atoms with van der Waals surface area (Å²) in [5.74, 6) is 0.227. The molecule has 0 aromatic heterocycles. The Morgan fingerprint density at radius 2 is 1.88 bits per heavy atom. The van der Waals surface area contributed by atoms with Crippen LogP contribution < -0.4 is 0 Å². The lowest BCUT2D eigenvalue weighted by Gasteiger charge is -2.34. The van der Waals surface area contributed by atoms with Crippen molar-refractivity contribution in [2.24, 2.45) is 0 Å². The third-order valence-corrected chi connectivity index (χ3v) is 4.10. The Labute approximate surface area is 116 Å². The average Bonchev–Trinajstić information content (AvgIpc) is 2.30. The number of halogens is 3. The standard InChI is InChI=1S/C12H14Cl3NO/c1-12(2,7-13)16(3)11(17)8-4-5-9(14)10(15)6-8/h4-6H,7H2,1-3H3. The molecule has 0 spiro atoms. The Hall–Kier alpha value is -0.440. The predicted molar refractivity (Wildman–Crippen MR) is 73.4 cm³/mol. The highest BCUT2D eigenvalue weighted by Gasteiger charge is 2.27. The second-order valence-electron chi connectivity index (χ2n) is 4.44. The second kappa shape index (κ2) is 5.47. The molecule has 1 aromatic carbocycles. The van der Waals surface area contributed by atoms with Crippen LogP contribution in [0.15, 0.2) is 18.2 Å². The van der Waals surface area contributed by atoms with Gasteiger partial charge in [0.25, 0.3) is 5.91 Å². The van der Waals surface area contributed by atoms with E-state index in [4.69, 9.17) is 34.8 Å². The van der Waals surface area contributed by atoms with Crippen LogP contribution in [-0.4, -0.2) is 29.3 Å². The molecule has 0 heterocycles. The van der Waals surface area contributed by atoms with Gasteiger partial charge in [0, 0.05) is 18.5 Å². The van der Waals surface area contributed by atoms with Gasteiger partial charge in [0.2, 0.25) is 0 Å². The predicted octanol–water partition coefficient (Wildman–Crippen LogP) is 4.08. The summed E-state index contributed by atoms with van der Waals surface area (Å²) in [7, 11) is 1.72. The molecule has 0 saturated heterocycles. The Bertz CT molecular complexity index is 432. The lowest BCUT2D eigenvalue weighted by Crippen LogP contribution is -2.46. The molecule has 0 N–H and O–H groups in total. The minimum Gasteiger partial charge on any atom is -0.335 e. The van der Waals surface area contributed by atoms with Crippen molar-refractivity contribution in [3.8, 4) is 0 Å². The monoisotopic (exact) mass is 293 g/mol. The zero-order chi connectivity index (χ0) is 13.2. The molecule has 0 fully saturated rings. The van der Waals surface area contributed by atoms with E-state index in [0.717, 1.165) is 0 Å². The van der Waals surface area contributed by atoms with Crippen LogP contribution in [0.3, 0.4) is 0 Å². The fourth-order valence-electron chi connectivity index (χ4n) is 1.19. The number of nitrogens with zero attached hydrogens (tertiary/aromatic N) is 1. The van der Waals surface area contributed by atoms with Gasteiger partial charge >= 0.3 is 0 Å². The van der Waals surface area contributed by atoms with Gasteiger partial charge in [0.1, 0.15) is 0 Å². The van der Waals surface area contributed by atoms with Crippen molar-refractivity contribution in [2.75, 3.05) is 12.9 Å². The van der Waals surface area contributed by atoms with Gasteiger partial charge in [-0.3, -0.25) is 4.79 Å². The number of hydrogen-bond acceptors (Lipinski definition) is 1. The van der Waals surface area contributed by atoms with Gasteiger partial charge in [-0.15, -0.1) is 11.6 Å². The Balaban J connectivity index is 3.01. The normalized spacial score (nSPS) is 11.4. The van der Waals surface area contributed by atoms with Crippen LogP contribution in [0.1, 0.15) is 24.2 Å². The van der Waals surface area contributed by atoms with E-state index < -0.39 is 5.54 Å². The van der Waals surface area contributed by atoms with Crippen LogP contribution in [0, 0.1) is 0 Å². The molecular weight excluding hydrogens is 280 g/mol. The van der Waals surface area contributed by atoms with Gasteiger partial charge in [0.15, 0.2) is 0 Å². The first-order valence-corrected chi connectivity index (χ1v) is 6.38. The first kappa shape index (κ1) is 14.6. The number of alkyl halides is 1. The number of carbonyl (C=O) groups is 1. The van der Waals surface area contributed by atoms with Crippen molar-refractivity contribution in [2.45, 2.75) is 19.4 Å². The highest BCUT2D eigenvalue weighted by atomic mass is 35.5. The number of carbonyl (C=O) groups excluding carboxylic acids is 1. The van der Waals surface area contributed by atoms with Gasteiger partial charge in [-0.25, -0.2) is 0 Å². The minimum atomic E-state index is -0.412. The lowest BCUT2D eigenvalue weighted by molar-refractivity contribution is 0.0660. The van der Waals surface area contributed by atoms with E-state index in [1.54, 1.807) is 30.1 Å². The summed E-state index contributed by atoms with van der Waals surface area (Å²) in [4.78, 5) is 13.8. The van der Waals surface area contributed by atoms with Crippen molar-refractivity contribution >= 4 is 40.7 Å². The molecule has 0 atom stereocenters. The highest BCUT2D eigenvalue weighted by Crippen LogP contribution is 2.24. The number of amides is 1. The molecule has 17 heavy (non-hydrogen) atoms. The van der Waals surface area contributed by atoms with Crippen molar-refractivity contribution in [3.05, 3.63) is 33.8 Å². The van der Waals surface area contributed by atoms with E-state index in [2.05, 4.69) is 0 Å². The third-order valence-electron chi connectivity index (χ3n) is 2.71. The van der Waals surface area contributed by atoms with Crippen molar-refractivity contribution in [1.29, 1.82) is 0 Å². The third kappa shape index (κ3) is 3.27. The van der Waals surface area contributed by atoms with Crippen molar-refractivity contribution in [1.82, 2.24) is 4.90 Å². The Kier molecular flexibility index (Phi) is 4.70. The molecule has 0 aliphatic carbocycles. The van der Waals surface area contributed by atoms with Crippen LogP contribution in [-0.2, 0) is 0 Å². The molecule has 1 rings (SSSR count). The molecule has 0 bridgehead atoms. The highest BCUT2D eigenvalue weighted by molar-refractivity contribution is 6.42. The second-order valence-corrected chi connectivity index (χ2v) is 5.52. The summed E-state index contributed by atoms with van der Waals surface area (Å²) in [5.41, 5.74) is 0.0881. The molecule has 0 radical (unpaired) electrons. The van der Waals surface area contributed by atoms with Crippen molar-refractivity contribution in [3.63, 3.8) is 0 Å². The summed E-state index contributed by atoms with van der Waals surface area (Å²) in [6.45, 7) is 3.80. The van der Waals surface area contributed by atoms with Crippen LogP contribution >= 0.6 is 34.8 Å². The lowest BCUT2D eigenvalue weighted by atomic mass is 10.0. The molecule has 0 unspecified atom stereocenters. The maximum absolute atomic E-state index is 12.2. The molecule has 94 valence electrons. The Morgan fingerprint density at radius 3 is 2.35 bits per heavy atom. The molecule has 5 heteroatoms. The average molecular weight is 295 g/mol. The number of rotatable bonds is 3. The van der Waals surface area contributed by atoms with E-state index in [1.807, 2.05) is 13.8 Å². The molecule has 0 aliphatic heterocycles. The first-order valence-electron chi connectivity index (χ1n) is 5.09. The maximum atomic E-state index is 12.2. The molecule has 0 aliphatic rings. The quantitative estimate of drug-likeness (QED) is 0.769. The SMILES string of the molecule is CN(C(=O)c1ccc(Cl)c(Cl)c1)C(C)(C)CCl. The summed E-state index contributed by atoms with van der Waals surface area (Å²) < 4.78 is 0. The van der Waals surface area contributed by atoms with Crippen molar-refractivity contribution < 1.29 is 4.79 Å². The van der Waals surface area contributed by atoms with Gasteiger partial charge in [-0.1, -0.05) is 23.2 Å². The fraction of sp³-hybridized carbons (Fsp3) is 0.417. The zero-order valence-corrected chi connectivity index (χ0v) is 12.2. The molecule has 2 nitrogen and oxygen atoms in total. The van der Waals surface area contributed by atoms with Gasteiger partial charge < -0.3 is 4.90 Å². The van der Waals surface area contributed by atoms with Crippen LogP contribution in [0.25, 0.3) is 0 Å².